The molecule has 0 saturated carbocycles. The monoisotopic (exact) mass is 252 g/mol. The molecular formula is C12H16N2O2S. The van der Waals surface area contributed by atoms with Crippen LogP contribution in [0.4, 0.5) is 0 Å². The molecule has 92 valence electrons. The Kier molecular flexibility index (Phi) is 5.42. The van der Waals surface area contributed by atoms with Gasteiger partial charge in [-0.1, -0.05) is 24.4 Å². The van der Waals surface area contributed by atoms with Gasteiger partial charge >= 0.3 is 0 Å². The molecule has 0 unspecified atom stereocenters. The molecule has 0 aliphatic rings. The predicted molar refractivity (Wildman–Crippen MR) is 71.1 cm³/mol. The predicted octanol–water partition coefficient (Wildman–Crippen LogP) is 1.03. The number of methoxy groups -OCH3 is 1. The molecular weight excluding hydrogens is 236 g/mol. The second kappa shape index (κ2) is 6.85. The maximum Gasteiger partial charge on any atom is 0.224 e. The van der Waals surface area contributed by atoms with Gasteiger partial charge in [0, 0.05) is 13.0 Å². The van der Waals surface area contributed by atoms with Crippen LogP contribution in [-0.4, -0.2) is 24.6 Å². The van der Waals surface area contributed by atoms with Crippen molar-refractivity contribution < 1.29 is 9.53 Å². The number of ether oxygens (including phenoxy) is 1. The molecule has 0 fully saturated rings. The Morgan fingerprint density at radius 1 is 1.53 bits per heavy atom. The van der Waals surface area contributed by atoms with Gasteiger partial charge in [-0.05, 0) is 17.7 Å². The smallest absolute Gasteiger partial charge is 0.224 e. The van der Waals surface area contributed by atoms with E-state index >= 15 is 0 Å². The quantitative estimate of drug-likeness (QED) is 0.742. The fourth-order valence-corrected chi connectivity index (χ4v) is 1.46. The first kappa shape index (κ1) is 13.4. The average molecular weight is 252 g/mol. The molecule has 0 radical (unpaired) electrons. The summed E-state index contributed by atoms with van der Waals surface area (Å²) in [6.45, 7) is 0.484. The van der Waals surface area contributed by atoms with Crippen molar-refractivity contribution in [3.8, 4) is 5.75 Å². The first-order valence-electron chi connectivity index (χ1n) is 5.29. The Morgan fingerprint density at radius 3 is 2.94 bits per heavy atom. The fraction of sp³-hybridized carbons (Fsp3) is 0.333. The number of carbonyl (C=O) groups excluding carboxylic acids is 1. The molecule has 0 bridgehead atoms. The Morgan fingerprint density at radius 2 is 2.29 bits per heavy atom. The zero-order valence-corrected chi connectivity index (χ0v) is 10.5. The second-order valence-corrected chi connectivity index (χ2v) is 4.12. The van der Waals surface area contributed by atoms with Crippen LogP contribution in [-0.2, 0) is 11.2 Å². The number of nitrogens with two attached hydrogens (primary N) is 1. The van der Waals surface area contributed by atoms with E-state index in [1.54, 1.807) is 7.11 Å². The van der Waals surface area contributed by atoms with Crippen LogP contribution in [0.15, 0.2) is 24.3 Å². The number of hydrogen-bond acceptors (Lipinski definition) is 3. The average Bonchev–Trinajstić information content (AvgIpc) is 2.28. The van der Waals surface area contributed by atoms with Crippen molar-refractivity contribution in [1.29, 1.82) is 0 Å². The van der Waals surface area contributed by atoms with Gasteiger partial charge in [0.25, 0.3) is 0 Å². The Bertz CT molecular complexity index is 407. The van der Waals surface area contributed by atoms with Crippen LogP contribution in [0.2, 0.25) is 0 Å². The third-order valence-corrected chi connectivity index (χ3v) is 2.40. The highest BCUT2D eigenvalue weighted by atomic mass is 32.1. The van der Waals surface area contributed by atoms with E-state index in [2.05, 4.69) is 5.32 Å². The van der Waals surface area contributed by atoms with Gasteiger partial charge in [-0.2, -0.15) is 0 Å². The van der Waals surface area contributed by atoms with Gasteiger partial charge in [-0.15, -0.1) is 0 Å². The zero-order valence-electron chi connectivity index (χ0n) is 9.73. The lowest BCUT2D eigenvalue weighted by molar-refractivity contribution is -0.120. The van der Waals surface area contributed by atoms with E-state index in [0.29, 0.717) is 24.4 Å². The van der Waals surface area contributed by atoms with E-state index in [-0.39, 0.29) is 5.91 Å². The maximum atomic E-state index is 11.6. The van der Waals surface area contributed by atoms with E-state index in [1.807, 2.05) is 24.3 Å². The van der Waals surface area contributed by atoms with E-state index in [9.17, 15) is 4.79 Å². The first-order chi connectivity index (χ1) is 8.11. The molecule has 17 heavy (non-hydrogen) atoms. The minimum Gasteiger partial charge on any atom is -0.497 e. The van der Waals surface area contributed by atoms with Gasteiger partial charge in [0.15, 0.2) is 0 Å². The van der Waals surface area contributed by atoms with Crippen LogP contribution in [0.5, 0.6) is 5.75 Å². The van der Waals surface area contributed by atoms with Crippen LogP contribution in [0.3, 0.4) is 0 Å². The van der Waals surface area contributed by atoms with Gasteiger partial charge in [-0.25, -0.2) is 0 Å². The van der Waals surface area contributed by atoms with E-state index < -0.39 is 0 Å². The van der Waals surface area contributed by atoms with Gasteiger partial charge in [0.1, 0.15) is 5.75 Å². The lowest BCUT2D eigenvalue weighted by atomic mass is 10.1. The van der Waals surface area contributed by atoms with Crippen molar-refractivity contribution in [2.24, 2.45) is 5.73 Å². The SMILES string of the molecule is COc1cccc(CC(=O)NCCC(N)=S)c1. The molecule has 1 amide bonds. The van der Waals surface area contributed by atoms with Crippen molar-refractivity contribution in [3.05, 3.63) is 29.8 Å². The normalized spacial score (nSPS) is 9.71. The number of rotatable bonds is 6. The topological polar surface area (TPSA) is 64.3 Å². The van der Waals surface area contributed by atoms with Gasteiger partial charge < -0.3 is 15.8 Å². The molecule has 0 heterocycles. The number of benzene rings is 1. The number of hydrogen-bond donors (Lipinski definition) is 2. The summed E-state index contributed by atoms with van der Waals surface area (Å²) in [6, 6.07) is 7.42. The largest absolute Gasteiger partial charge is 0.497 e. The molecule has 1 aromatic rings. The highest BCUT2D eigenvalue weighted by Gasteiger charge is 2.03. The summed E-state index contributed by atoms with van der Waals surface area (Å²) in [5, 5.41) is 2.75. The summed E-state index contributed by atoms with van der Waals surface area (Å²) in [5.41, 5.74) is 6.25. The minimum atomic E-state index is -0.0468. The molecule has 3 N–H and O–H groups in total. The molecule has 1 rings (SSSR count). The van der Waals surface area contributed by atoms with Crippen molar-refractivity contribution in [2.75, 3.05) is 13.7 Å². The minimum absolute atomic E-state index is 0.0468. The third-order valence-electron chi connectivity index (χ3n) is 2.19. The summed E-state index contributed by atoms with van der Waals surface area (Å²) >= 11 is 4.72. The zero-order chi connectivity index (χ0) is 12.7. The van der Waals surface area contributed by atoms with E-state index in [1.165, 1.54) is 0 Å². The summed E-state index contributed by atoms with van der Waals surface area (Å²) < 4.78 is 5.08. The first-order valence-corrected chi connectivity index (χ1v) is 5.70. The summed E-state index contributed by atoms with van der Waals surface area (Å²) in [5.74, 6) is 0.702. The molecule has 0 spiro atoms. The summed E-state index contributed by atoms with van der Waals surface area (Å²) in [7, 11) is 1.60. The fourth-order valence-electron chi connectivity index (χ4n) is 1.36. The standard InChI is InChI=1S/C12H16N2O2S/c1-16-10-4-2-3-9(7-10)8-12(15)14-6-5-11(13)17/h2-4,7H,5-6,8H2,1H3,(H2,13,17)(H,14,15). The maximum absolute atomic E-state index is 11.6. The Labute approximate surface area is 106 Å². The highest BCUT2D eigenvalue weighted by molar-refractivity contribution is 7.80. The lowest BCUT2D eigenvalue weighted by Gasteiger charge is -2.06. The summed E-state index contributed by atoms with van der Waals surface area (Å²) in [4.78, 5) is 12.0. The number of nitrogens with one attached hydrogen (secondary N) is 1. The van der Waals surface area contributed by atoms with E-state index in [4.69, 9.17) is 22.7 Å². The number of carbonyl (C=O) groups is 1. The molecule has 0 aliphatic carbocycles. The van der Waals surface area contributed by atoms with Crippen LogP contribution >= 0.6 is 12.2 Å². The van der Waals surface area contributed by atoms with Crippen LogP contribution in [0.25, 0.3) is 0 Å². The highest BCUT2D eigenvalue weighted by Crippen LogP contribution is 2.12. The van der Waals surface area contributed by atoms with Gasteiger partial charge in [0.05, 0.1) is 18.5 Å². The van der Waals surface area contributed by atoms with Gasteiger partial charge in [-0.3, -0.25) is 4.79 Å². The third kappa shape index (κ3) is 5.31. The second-order valence-electron chi connectivity index (χ2n) is 3.59. The van der Waals surface area contributed by atoms with Gasteiger partial charge in [0.2, 0.25) is 5.91 Å². The Hall–Kier alpha value is -1.62. The lowest BCUT2D eigenvalue weighted by Crippen LogP contribution is -2.28. The van der Waals surface area contributed by atoms with Crippen LogP contribution < -0.4 is 15.8 Å². The number of thiocarbonyl (C=S) groups is 1. The molecule has 0 atom stereocenters. The molecule has 1 aromatic carbocycles. The van der Waals surface area contributed by atoms with Crippen molar-refractivity contribution in [3.63, 3.8) is 0 Å². The molecule has 5 heteroatoms. The van der Waals surface area contributed by atoms with Crippen LogP contribution in [0.1, 0.15) is 12.0 Å². The Balaban J connectivity index is 2.42. The van der Waals surface area contributed by atoms with E-state index in [0.717, 1.165) is 11.3 Å². The number of amides is 1. The molecule has 0 aliphatic heterocycles. The van der Waals surface area contributed by atoms with Crippen molar-refractivity contribution >= 4 is 23.1 Å². The van der Waals surface area contributed by atoms with Crippen molar-refractivity contribution in [2.45, 2.75) is 12.8 Å². The molecule has 0 aromatic heterocycles. The molecule has 4 nitrogen and oxygen atoms in total. The van der Waals surface area contributed by atoms with Crippen molar-refractivity contribution in [1.82, 2.24) is 5.32 Å². The summed E-state index contributed by atoms with van der Waals surface area (Å²) in [6.07, 6.45) is 0.855. The van der Waals surface area contributed by atoms with Crippen LogP contribution in [0, 0.1) is 0 Å². The molecule has 0 saturated heterocycles.